The highest BCUT2D eigenvalue weighted by atomic mass is 32.2. The van der Waals surface area contributed by atoms with Crippen LogP contribution in [0, 0.1) is 5.82 Å². The molecule has 0 radical (unpaired) electrons. The Labute approximate surface area is 201 Å². The molecule has 0 unspecified atom stereocenters. The summed E-state index contributed by atoms with van der Waals surface area (Å²) in [4.78, 5) is 4.29. The van der Waals surface area contributed by atoms with Crippen LogP contribution in [-0.4, -0.2) is 34.2 Å². The van der Waals surface area contributed by atoms with Crippen molar-refractivity contribution in [3.8, 4) is 28.2 Å². The number of aromatic nitrogens is 1. The van der Waals surface area contributed by atoms with Gasteiger partial charge in [0.1, 0.15) is 11.5 Å². The van der Waals surface area contributed by atoms with Crippen molar-refractivity contribution >= 4 is 40.3 Å². The molecular weight excluding hydrogens is 455 g/mol. The predicted molar refractivity (Wildman–Crippen MR) is 138 cm³/mol. The number of nitrogens with one attached hydrogen (secondary N) is 1. The van der Waals surface area contributed by atoms with Crippen molar-refractivity contribution in [1.82, 2.24) is 4.98 Å². The molecule has 0 aliphatic carbocycles. The SMILES string of the molecule is CCCOc1ccc(-c2oc3ncc(F)c(NCC4SCCS4)c3c2-c2ccccc2)cc1. The molecule has 0 bridgehead atoms. The lowest BCUT2D eigenvalue weighted by Gasteiger charge is -2.13. The molecule has 1 N–H and O–H groups in total. The fraction of sp³-hybridized carbons (Fsp3) is 0.269. The van der Waals surface area contributed by atoms with Gasteiger partial charge in [-0.25, -0.2) is 9.37 Å². The molecule has 0 atom stereocenters. The van der Waals surface area contributed by atoms with E-state index in [2.05, 4.69) is 17.2 Å². The van der Waals surface area contributed by atoms with Crippen LogP contribution in [0.4, 0.5) is 10.1 Å². The fourth-order valence-corrected chi connectivity index (χ4v) is 6.59. The minimum absolute atomic E-state index is 0.372. The van der Waals surface area contributed by atoms with Crippen LogP contribution in [0.25, 0.3) is 33.6 Å². The molecule has 1 aliphatic rings. The number of fused-ring (bicyclic) bond motifs is 1. The first kappa shape index (κ1) is 22.2. The van der Waals surface area contributed by atoms with Crippen LogP contribution in [0.5, 0.6) is 5.75 Å². The quantitative estimate of drug-likeness (QED) is 0.285. The Hall–Kier alpha value is -2.64. The molecule has 0 amide bonds. The van der Waals surface area contributed by atoms with Crippen molar-refractivity contribution in [3.05, 3.63) is 66.6 Å². The Balaban J connectivity index is 1.62. The van der Waals surface area contributed by atoms with Crippen molar-refractivity contribution in [2.75, 3.05) is 30.0 Å². The van der Waals surface area contributed by atoms with E-state index in [4.69, 9.17) is 9.15 Å². The van der Waals surface area contributed by atoms with E-state index in [9.17, 15) is 0 Å². The summed E-state index contributed by atoms with van der Waals surface area (Å²) in [6.45, 7) is 3.44. The van der Waals surface area contributed by atoms with Crippen molar-refractivity contribution < 1.29 is 13.5 Å². The van der Waals surface area contributed by atoms with E-state index in [0.717, 1.165) is 40.4 Å². The van der Waals surface area contributed by atoms with Crippen LogP contribution in [0.15, 0.2) is 65.2 Å². The first-order valence-corrected chi connectivity index (χ1v) is 13.2. The van der Waals surface area contributed by atoms with Crippen molar-refractivity contribution in [2.24, 2.45) is 0 Å². The Kier molecular flexibility index (Phi) is 6.78. The molecule has 1 saturated heterocycles. The van der Waals surface area contributed by atoms with Gasteiger partial charge in [0.15, 0.2) is 5.82 Å². The second-order valence-corrected chi connectivity index (χ2v) is 10.7. The number of anilines is 1. The number of hydrogen-bond acceptors (Lipinski definition) is 6. The van der Waals surface area contributed by atoms with Crippen molar-refractivity contribution in [1.29, 1.82) is 0 Å². The van der Waals surface area contributed by atoms with E-state index in [1.54, 1.807) is 0 Å². The van der Waals surface area contributed by atoms with E-state index < -0.39 is 0 Å². The number of thioether (sulfide) groups is 2. The third-order valence-electron chi connectivity index (χ3n) is 5.46. The highest BCUT2D eigenvalue weighted by Gasteiger charge is 2.24. The summed E-state index contributed by atoms with van der Waals surface area (Å²) in [5, 5.41) is 4.04. The van der Waals surface area contributed by atoms with Crippen LogP contribution in [0.3, 0.4) is 0 Å². The second kappa shape index (κ2) is 10.1. The lowest BCUT2D eigenvalue weighted by molar-refractivity contribution is 0.317. The predicted octanol–water partition coefficient (Wildman–Crippen LogP) is 7.31. The number of benzene rings is 2. The number of rotatable bonds is 8. The highest BCUT2D eigenvalue weighted by molar-refractivity contribution is 8.20. The van der Waals surface area contributed by atoms with E-state index in [1.165, 1.54) is 6.20 Å². The molecule has 3 heterocycles. The zero-order chi connectivity index (χ0) is 22.6. The van der Waals surface area contributed by atoms with E-state index in [0.29, 0.717) is 40.3 Å². The number of nitrogens with zero attached hydrogens (tertiary/aromatic N) is 1. The zero-order valence-electron chi connectivity index (χ0n) is 18.3. The molecular formula is C26H25FN2O2S2. The summed E-state index contributed by atoms with van der Waals surface area (Å²) in [5.41, 5.74) is 3.56. The number of halogens is 1. The molecule has 0 spiro atoms. The van der Waals surface area contributed by atoms with Crippen molar-refractivity contribution in [2.45, 2.75) is 17.9 Å². The maximum atomic E-state index is 15.1. The summed E-state index contributed by atoms with van der Waals surface area (Å²) >= 11 is 3.82. The first-order valence-electron chi connectivity index (χ1n) is 11.1. The third-order valence-corrected chi connectivity index (χ3v) is 8.49. The van der Waals surface area contributed by atoms with Gasteiger partial charge in [0, 0.05) is 29.2 Å². The number of furan rings is 1. The maximum absolute atomic E-state index is 15.1. The highest BCUT2D eigenvalue weighted by Crippen LogP contribution is 2.44. The largest absolute Gasteiger partial charge is 0.494 e. The standard InChI is InChI=1S/C26H25FN2O2S2/c1-2-12-30-19-10-8-18(9-11-19)25-22(17-6-4-3-5-7-17)23-24(20(27)15-29-26(23)31-25)28-16-21-32-13-14-33-21/h3-11,15,21H,2,12-14,16H2,1H3,(H,28,29). The van der Waals surface area contributed by atoms with Crippen LogP contribution >= 0.6 is 23.5 Å². The van der Waals surface area contributed by atoms with Gasteiger partial charge in [-0.1, -0.05) is 37.3 Å². The Morgan fingerprint density at radius 1 is 1.06 bits per heavy atom. The summed E-state index contributed by atoms with van der Waals surface area (Å²) in [5.74, 6) is 3.38. The van der Waals surface area contributed by atoms with Crippen LogP contribution in [0.1, 0.15) is 13.3 Å². The lowest BCUT2D eigenvalue weighted by Crippen LogP contribution is -2.12. The summed E-state index contributed by atoms with van der Waals surface area (Å²) in [7, 11) is 0. The summed E-state index contributed by atoms with van der Waals surface area (Å²) in [6, 6.07) is 17.8. The normalized spacial score (nSPS) is 14.1. The molecule has 33 heavy (non-hydrogen) atoms. The van der Waals surface area contributed by atoms with Crippen LogP contribution in [0.2, 0.25) is 0 Å². The Morgan fingerprint density at radius 3 is 2.55 bits per heavy atom. The van der Waals surface area contributed by atoms with Crippen LogP contribution < -0.4 is 10.1 Å². The topological polar surface area (TPSA) is 47.3 Å². The summed E-state index contributed by atoms with van der Waals surface area (Å²) in [6.07, 6.45) is 2.19. The fourth-order valence-electron chi connectivity index (χ4n) is 3.93. The second-order valence-electron chi connectivity index (χ2n) is 7.76. The number of pyridine rings is 1. The van der Waals surface area contributed by atoms with Gasteiger partial charge in [0.25, 0.3) is 0 Å². The van der Waals surface area contributed by atoms with Gasteiger partial charge >= 0.3 is 0 Å². The van der Waals surface area contributed by atoms with Gasteiger partial charge in [-0.2, -0.15) is 0 Å². The monoisotopic (exact) mass is 480 g/mol. The van der Waals surface area contributed by atoms with E-state index >= 15 is 4.39 Å². The van der Waals surface area contributed by atoms with Gasteiger partial charge in [-0.05, 0) is 36.2 Å². The molecule has 0 saturated carbocycles. The number of ether oxygens (including phenoxy) is 1. The zero-order valence-corrected chi connectivity index (χ0v) is 20.0. The molecule has 1 fully saturated rings. The maximum Gasteiger partial charge on any atom is 0.229 e. The molecule has 7 heteroatoms. The molecule has 170 valence electrons. The molecule has 2 aromatic heterocycles. The molecule has 5 rings (SSSR count). The van der Waals surface area contributed by atoms with E-state index in [-0.39, 0.29) is 5.82 Å². The third kappa shape index (κ3) is 4.70. The lowest BCUT2D eigenvalue weighted by atomic mass is 9.98. The summed E-state index contributed by atoms with van der Waals surface area (Å²) < 4.78 is 27.5. The molecule has 4 nitrogen and oxygen atoms in total. The minimum Gasteiger partial charge on any atom is -0.494 e. The van der Waals surface area contributed by atoms with E-state index in [1.807, 2.05) is 78.1 Å². The number of hydrogen-bond donors (Lipinski definition) is 1. The Bertz CT molecular complexity index is 1220. The Morgan fingerprint density at radius 2 is 1.82 bits per heavy atom. The van der Waals surface area contributed by atoms with Gasteiger partial charge in [-0.15, -0.1) is 23.5 Å². The van der Waals surface area contributed by atoms with Gasteiger partial charge < -0.3 is 14.5 Å². The van der Waals surface area contributed by atoms with Crippen LogP contribution in [-0.2, 0) is 0 Å². The van der Waals surface area contributed by atoms with Gasteiger partial charge in [-0.3, -0.25) is 0 Å². The molecule has 4 aromatic rings. The smallest absolute Gasteiger partial charge is 0.229 e. The molecule has 1 aliphatic heterocycles. The molecule has 2 aromatic carbocycles. The average Bonchev–Trinajstić information content (AvgIpc) is 3.51. The van der Waals surface area contributed by atoms with Gasteiger partial charge in [0.2, 0.25) is 5.71 Å². The van der Waals surface area contributed by atoms with Crippen molar-refractivity contribution in [3.63, 3.8) is 0 Å². The minimum atomic E-state index is -0.372. The average molecular weight is 481 g/mol. The first-order chi connectivity index (χ1) is 16.2. The van der Waals surface area contributed by atoms with Gasteiger partial charge in [0.05, 0.1) is 28.5 Å².